The Bertz CT molecular complexity index is 1190. The van der Waals surface area contributed by atoms with Crippen LogP contribution in [0.5, 0.6) is 5.75 Å². The fourth-order valence-corrected chi connectivity index (χ4v) is 3.74. The van der Waals surface area contributed by atoms with Crippen LogP contribution in [0.4, 0.5) is 0 Å². The van der Waals surface area contributed by atoms with Gasteiger partial charge in [0.25, 0.3) is 11.5 Å². The molecule has 0 atom stereocenters. The van der Waals surface area contributed by atoms with Gasteiger partial charge in [-0.1, -0.05) is 41.6 Å². The van der Waals surface area contributed by atoms with Crippen molar-refractivity contribution in [1.82, 2.24) is 14.9 Å². The maximum absolute atomic E-state index is 12.8. The molecule has 0 fully saturated rings. The molecule has 1 heterocycles. The first-order valence-electron chi connectivity index (χ1n) is 8.85. The molecule has 0 aliphatic carbocycles. The van der Waals surface area contributed by atoms with Crippen LogP contribution in [0.25, 0.3) is 10.9 Å². The molecule has 0 saturated heterocycles. The molecule has 9 heteroatoms. The van der Waals surface area contributed by atoms with E-state index >= 15 is 0 Å². The molecule has 0 saturated carbocycles. The largest absolute Gasteiger partial charge is 0.496 e. The van der Waals surface area contributed by atoms with Crippen molar-refractivity contribution in [3.05, 3.63) is 76.1 Å². The van der Waals surface area contributed by atoms with Crippen LogP contribution in [0, 0.1) is 0 Å². The van der Waals surface area contributed by atoms with Crippen molar-refractivity contribution in [3.63, 3.8) is 0 Å². The molecule has 0 radical (unpaired) electrons. The van der Waals surface area contributed by atoms with Gasteiger partial charge in [-0.15, -0.1) is 6.58 Å². The van der Waals surface area contributed by atoms with Crippen molar-refractivity contribution >= 4 is 46.1 Å². The van der Waals surface area contributed by atoms with Gasteiger partial charge in [0.05, 0.1) is 29.3 Å². The van der Waals surface area contributed by atoms with E-state index in [0.717, 1.165) is 11.8 Å². The molecule has 1 aromatic heterocycles. The SMILES string of the molecule is C=CCn1c(SCC(=O)NC(=O)c2ccccc2OC)nc2cc(Cl)ccc2c1=O. The van der Waals surface area contributed by atoms with Gasteiger partial charge in [0, 0.05) is 11.6 Å². The molecule has 1 N–H and O–H groups in total. The van der Waals surface area contributed by atoms with Gasteiger partial charge < -0.3 is 4.74 Å². The molecule has 2 amide bonds. The molecule has 154 valence electrons. The standard InChI is InChI=1S/C21H18ClN3O4S/c1-3-10-25-20(28)14-9-8-13(22)11-16(14)23-21(25)30-12-18(26)24-19(27)15-6-4-5-7-17(15)29-2/h3-9,11H,1,10,12H2,2H3,(H,24,26,27). The lowest BCUT2D eigenvalue weighted by Gasteiger charge is -2.12. The molecular weight excluding hydrogens is 426 g/mol. The number of allylic oxidation sites excluding steroid dienone is 1. The van der Waals surface area contributed by atoms with Crippen molar-refractivity contribution in [1.29, 1.82) is 0 Å². The van der Waals surface area contributed by atoms with Crippen molar-refractivity contribution < 1.29 is 14.3 Å². The van der Waals surface area contributed by atoms with Crippen LogP contribution in [0.1, 0.15) is 10.4 Å². The minimum atomic E-state index is -0.570. The third-order valence-electron chi connectivity index (χ3n) is 4.13. The zero-order chi connectivity index (χ0) is 21.7. The quantitative estimate of drug-likeness (QED) is 0.342. The van der Waals surface area contributed by atoms with E-state index in [2.05, 4.69) is 16.9 Å². The second-order valence-electron chi connectivity index (χ2n) is 6.13. The fraction of sp³-hybridized carbons (Fsp3) is 0.143. The molecule has 0 aliphatic rings. The number of hydrogen-bond donors (Lipinski definition) is 1. The van der Waals surface area contributed by atoms with Gasteiger partial charge in [-0.25, -0.2) is 4.98 Å². The number of nitrogens with one attached hydrogen (secondary N) is 1. The lowest BCUT2D eigenvalue weighted by atomic mass is 10.2. The highest BCUT2D eigenvalue weighted by atomic mass is 35.5. The lowest BCUT2D eigenvalue weighted by molar-refractivity contribution is -0.117. The minimum absolute atomic E-state index is 0.115. The molecule has 3 aromatic rings. The summed E-state index contributed by atoms with van der Waals surface area (Å²) in [6.07, 6.45) is 1.57. The van der Waals surface area contributed by atoms with Crippen LogP contribution in [0.15, 0.2) is 65.1 Å². The summed E-state index contributed by atoms with van der Waals surface area (Å²) in [6, 6.07) is 11.4. The monoisotopic (exact) mass is 443 g/mol. The van der Waals surface area contributed by atoms with Gasteiger partial charge in [-0.2, -0.15) is 0 Å². The van der Waals surface area contributed by atoms with Crippen molar-refractivity contribution in [3.8, 4) is 5.75 Å². The van der Waals surface area contributed by atoms with Gasteiger partial charge in [0.1, 0.15) is 5.75 Å². The van der Waals surface area contributed by atoms with E-state index < -0.39 is 11.8 Å². The number of nitrogens with zero attached hydrogens (tertiary/aromatic N) is 2. The van der Waals surface area contributed by atoms with E-state index in [1.54, 1.807) is 48.5 Å². The van der Waals surface area contributed by atoms with E-state index in [0.29, 0.717) is 26.8 Å². The number of fused-ring (bicyclic) bond motifs is 1. The molecular formula is C21H18ClN3O4S. The number of ether oxygens (including phenoxy) is 1. The number of amides is 2. The summed E-state index contributed by atoms with van der Waals surface area (Å²) >= 11 is 7.05. The minimum Gasteiger partial charge on any atom is -0.496 e. The predicted octanol–water partition coefficient (Wildman–Crippen LogP) is 3.29. The topological polar surface area (TPSA) is 90.3 Å². The summed E-state index contributed by atoms with van der Waals surface area (Å²) in [5.74, 6) is -0.846. The van der Waals surface area contributed by atoms with E-state index in [1.165, 1.54) is 11.7 Å². The Morgan fingerprint density at radius 3 is 2.80 bits per heavy atom. The lowest BCUT2D eigenvalue weighted by Crippen LogP contribution is -2.32. The second-order valence-corrected chi connectivity index (χ2v) is 7.51. The van der Waals surface area contributed by atoms with E-state index in [9.17, 15) is 14.4 Å². The van der Waals surface area contributed by atoms with E-state index in [4.69, 9.17) is 16.3 Å². The summed E-state index contributed by atoms with van der Waals surface area (Å²) in [6.45, 7) is 3.89. The Labute approximate surface area is 181 Å². The Morgan fingerprint density at radius 1 is 1.30 bits per heavy atom. The van der Waals surface area contributed by atoms with Crippen molar-refractivity contribution in [2.45, 2.75) is 11.7 Å². The van der Waals surface area contributed by atoms with Crippen molar-refractivity contribution in [2.75, 3.05) is 12.9 Å². The summed E-state index contributed by atoms with van der Waals surface area (Å²) in [5.41, 5.74) is 0.422. The number of carbonyl (C=O) groups is 2. The normalized spacial score (nSPS) is 10.6. The predicted molar refractivity (Wildman–Crippen MR) is 117 cm³/mol. The van der Waals surface area contributed by atoms with Crippen LogP contribution in [-0.4, -0.2) is 34.2 Å². The molecule has 3 rings (SSSR count). The maximum Gasteiger partial charge on any atom is 0.262 e. The zero-order valence-corrected chi connectivity index (χ0v) is 17.6. The third kappa shape index (κ3) is 4.72. The number of rotatable bonds is 7. The maximum atomic E-state index is 12.8. The van der Waals surface area contributed by atoms with Crippen LogP contribution >= 0.6 is 23.4 Å². The first kappa shape index (κ1) is 21.6. The number of thioether (sulfide) groups is 1. The second kappa shape index (κ2) is 9.60. The highest BCUT2D eigenvalue weighted by Crippen LogP contribution is 2.21. The molecule has 0 spiro atoms. The number of imide groups is 1. The average molecular weight is 444 g/mol. The van der Waals surface area contributed by atoms with Crippen LogP contribution < -0.4 is 15.6 Å². The molecule has 30 heavy (non-hydrogen) atoms. The number of benzene rings is 2. The zero-order valence-electron chi connectivity index (χ0n) is 16.1. The summed E-state index contributed by atoms with van der Waals surface area (Å²) in [7, 11) is 1.44. The number of carbonyl (C=O) groups excluding carboxylic acids is 2. The van der Waals surface area contributed by atoms with Crippen LogP contribution in [0.3, 0.4) is 0 Å². The van der Waals surface area contributed by atoms with Crippen molar-refractivity contribution in [2.24, 2.45) is 0 Å². The van der Waals surface area contributed by atoms with Gasteiger partial charge in [-0.3, -0.25) is 24.3 Å². The molecule has 0 aliphatic heterocycles. The number of methoxy groups -OCH3 is 1. The molecule has 7 nitrogen and oxygen atoms in total. The molecule has 2 aromatic carbocycles. The van der Waals surface area contributed by atoms with Gasteiger partial charge in [0.2, 0.25) is 5.91 Å². The van der Waals surface area contributed by atoms with Crippen LogP contribution in [-0.2, 0) is 11.3 Å². The van der Waals surface area contributed by atoms with Crippen LogP contribution in [0.2, 0.25) is 5.02 Å². The smallest absolute Gasteiger partial charge is 0.262 e. The van der Waals surface area contributed by atoms with E-state index in [-0.39, 0.29) is 23.4 Å². The van der Waals surface area contributed by atoms with E-state index in [1.807, 2.05) is 0 Å². The number of aromatic nitrogens is 2. The molecule has 0 bridgehead atoms. The Morgan fingerprint density at radius 2 is 2.07 bits per heavy atom. The summed E-state index contributed by atoms with van der Waals surface area (Å²) < 4.78 is 6.56. The Balaban J connectivity index is 1.79. The highest BCUT2D eigenvalue weighted by molar-refractivity contribution is 7.99. The number of para-hydroxylation sites is 1. The average Bonchev–Trinajstić information content (AvgIpc) is 2.74. The number of hydrogen-bond acceptors (Lipinski definition) is 6. The highest BCUT2D eigenvalue weighted by Gasteiger charge is 2.17. The summed E-state index contributed by atoms with van der Waals surface area (Å²) in [4.78, 5) is 41.9. The summed E-state index contributed by atoms with van der Waals surface area (Å²) in [5, 5.41) is 3.52. The molecule has 0 unspecified atom stereocenters. The first-order valence-corrected chi connectivity index (χ1v) is 10.2. The van der Waals surface area contributed by atoms with Gasteiger partial charge in [-0.05, 0) is 30.3 Å². The Kier molecular flexibility index (Phi) is 6.91. The first-order chi connectivity index (χ1) is 14.4. The van der Waals surface area contributed by atoms with Gasteiger partial charge in [0.15, 0.2) is 5.16 Å². The third-order valence-corrected chi connectivity index (χ3v) is 5.34. The fourth-order valence-electron chi connectivity index (χ4n) is 2.77. The van der Waals surface area contributed by atoms with Gasteiger partial charge >= 0.3 is 0 Å². The number of halogens is 1. The Hall–Kier alpha value is -3.10.